The maximum Gasteiger partial charge on any atom is 0.273 e. The fourth-order valence-electron chi connectivity index (χ4n) is 3.05. The quantitative estimate of drug-likeness (QED) is 0.909. The Balaban J connectivity index is 1.96. The molecule has 1 fully saturated rings. The zero-order chi connectivity index (χ0) is 18.1. The molecule has 0 radical (unpaired) electrons. The highest BCUT2D eigenvalue weighted by Crippen LogP contribution is 2.35. The van der Waals surface area contributed by atoms with Crippen LogP contribution in [0.5, 0.6) is 0 Å². The van der Waals surface area contributed by atoms with E-state index in [1.54, 1.807) is 6.92 Å². The first-order chi connectivity index (χ1) is 11.9. The molecule has 0 unspecified atom stereocenters. The number of aliphatic hydroxyl groups excluding tert-OH is 1. The average Bonchev–Trinajstić information content (AvgIpc) is 2.97. The molecule has 1 amide bonds. The number of β-amino-alcohol motifs (C(OH)–C–C–N with tert-alkyl or cyclic N) is 1. The Bertz CT molecular complexity index is 879. The summed E-state index contributed by atoms with van der Waals surface area (Å²) in [5, 5.41) is 18.9. The van der Waals surface area contributed by atoms with E-state index in [9.17, 15) is 18.7 Å². The number of benzene rings is 1. The highest BCUT2D eigenvalue weighted by molar-refractivity contribution is 5.93. The van der Waals surface area contributed by atoms with Gasteiger partial charge in [-0.2, -0.15) is 5.26 Å². The van der Waals surface area contributed by atoms with Crippen LogP contribution in [0.4, 0.5) is 8.78 Å². The number of aliphatic hydroxyl groups is 1. The highest BCUT2D eigenvalue weighted by Gasteiger charge is 2.37. The molecule has 1 aliphatic heterocycles. The number of nitrogens with zero attached hydrogens (tertiary/aromatic N) is 3. The topological polar surface area (TPSA) is 77.2 Å². The number of pyridine rings is 1. The van der Waals surface area contributed by atoms with Crippen molar-refractivity contribution < 1.29 is 18.7 Å². The molecular weight excluding hydrogens is 328 g/mol. The number of amides is 1. The third-order valence-corrected chi connectivity index (χ3v) is 4.28. The number of carbonyl (C=O) groups is 1. The Labute approximate surface area is 143 Å². The van der Waals surface area contributed by atoms with Gasteiger partial charge in [0.05, 0.1) is 23.4 Å². The summed E-state index contributed by atoms with van der Waals surface area (Å²) < 4.78 is 27.6. The minimum Gasteiger partial charge on any atom is -0.391 e. The van der Waals surface area contributed by atoms with Gasteiger partial charge in [0.25, 0.3) is 5.91 Å². The SMILES string of the molecule is Cc1nc(C(=O)N2C[C@@H](O)C[C@H]2c2cc(F)ccc2F)ccc1C#N. The van der Waals surface area contributed by atoms with Gasteiger partial charge in [-0.15, -0.1) is 0 Å². The van der Waals surface area contributed by atoms with Crippen molar-refractivity contribution >= 4 is 5.91 Å². The third kappa shape index (κ3) is 3.21. The monoisotopic (exact) mass is 343 g/mol. The number of nitriles is 1. The van der Waals surface area contributed by atoms with Crippen molar-refractivity contribution in [3.63, 3.8) is 0 Å². The van der Waals surface area contributed by atoms with Crippen LogP contribution in [-0.4, -0.2) is 33.5 Å². The highest BCUT2D eigenvalue weighted by atomic mass is 19.1. The molecule has 25 heavy (non-hydrogen) atoms. The Morgan fingerprint density at radius 1 is 1.36 bits per heavy atom. The Hall–Kier alpha value is -2.85. The van der Waals surface area contributed by atoms with Crippen molar-refractivity contribution in [3.8, 4) is 6.07 Å². The maximum atomic E-state index is 14.1. The predicted molar refractivity (Wildman–Crippen MR) is 84.4 cm³/mol. The second kappa shape index (κ2) is 6.57. The zero-order valence-electron chi connectivity index (χ0n) is 13.4. The minimum absolute atomic E-state index is 0.000181. The molecule has 1 N–H and O–H groups in total. The number of carbonyl (C=O) groups excluding carboxylic acids is 1. The van der Waals surface area contributed by atoms with Gasteiger partial charge in [-0.25, -0.2) is 13.8 Å². The molecule has 2 heterocycles. The van der Waals surface area contributed by atoms with Crippen molar-refractivity contribution in [2.24, 2.45) is 0 Å². The van der Waals surface area contributed by atoms with Gasteiger partial charge in [-0.1, -0.05) is 0 Å². The van der Waals surface area contributed by atoms with Gasteiger partial charge in [-0.3, -0.25) is 4.79 Å². The van der Waals surface area contributed by atoms with Gasteiger partial charge in [-0.05, 0) is 43.7 Å². The number of halogens is 2. The summed E-state index contributed by atoms with van der Waals surface area (Å²) in [4.78, 5) is 18.2. The van der Waals surface area contributed by atoms with Crippen LogP contribution in [-0.2, 0) is 0 Å². The first-order valence-electron chi connectivity index (χ1n) is 7.72. The van der Waals surface area contributed by atoms with E-state index in [1.165, 1.54) is 17.0 Å². The van der Waals surface area contributed by atoms with E-state index < -0.39 is 29.7 Å². The molecule has 1 aromatic heterocycles. The van der Waals surface area contributed by atoms with Crippen molar-refractivity contribution in [2.45, 2.75) is 25.5 Å². The third-order valence-electron chi connectivity index (χ3n) is 4.28. The van der Waals surface area contributed by atoms with Crippen LogP contribution >= 0.6 is 0 Å². The largest absolute Gasteiger partial charge is 0.391 e. The van der Waals surface area contributed by atoms with Gasteiger partial charge >= 0.3 is 0 Å². The Morgan fingerprint density at radius 2 is 2.12 bits per heavy atom. The molecule has 0 saturated carbocycles. The van der Waals surface area contributed by atoms with E-state index in [-0.39, 0.29) is 24.2 Å². The fourth-order valence-corrected chi connectivity index (χ4v) is 3.05. The molecule has 0 bridgehead atoms. The van der Waals surface area contributed by atoms with Crippen LogP contribution in [0.25, 0.3) is 0 Å². The molecule has 1 saturated heterocycles. The smallest absolute Gasteiger partial charge is 0.273 e. The van der Waals surface area contributed by atoms with Gasteiger partial charge in [0.15, 0.2) is 0 Å². The fraction of sp³-hybridized carbons (Fsp3) is 0.278. The lowest BCUT2D eigenvalue weighted by Gasteiger charge is -2.25. The minimum atomic E-state index is -0.837. The van der Waals surface area contributed by atoms with Crippen LogP contribution in [0, 0.1) is 29.9 Å². The number of aryl methyl sites for hydroxylation is 1. The lowest BCUT2D eigenvalue weighted by molar-refractivity contribution is 0.0707. The number of hydrogen-bond acceptors (Lipinski definition) is 4. The first kappa shape index (κ1) is 17.0. The molecule has 1 aliphatic rings. The maximum absolute atomic E-state index is 14.1. The first-order valence-corrected chi connectivity index (χ1v) is 7.72. The summed E-state index contributed by atoms with van der Waals surface area (Å²) in [6.07, 6.45) is -0.724. The molecule has 2 aromatic rings. The standard InChI is InChI=1S/C18H15F2N3O2/c1-10-11(8-21)2-5-16(22-10)18(25)23-9-13(24)7-17(23)14-6-12(19)3-4-15(14)20/h2-6,13,17,24H,7,9H2,1H3/t13-,17-/m0/s1. The number of aromatic nitrogens is 1. The summed E-state index contributed by atoms with van der Waals surface area (Å²) >= 11 is 0. The molecule has 128 valence electrons. The molecule has 1 aromatic carbocycles. The van der Waals surface area contributed by atoms with Crippen LogP contribution in [0.3, 0.4) is 0 Å². The summed E-state index contributed by atoms with van der Waals surface area (Å²) in [6.45, 7) is 1.61. The second-order valence-corrected chi connectivity index (χ2v) is 5.97. The summed E-state index contributed by atoms with van der Waals surface area (Å²) in [5.74, 6) is -1.75. The normalized spacial score (nSPS) is 19.7. The Kier molecular flexibility index (Phi) is 4.47. The van der Waals surface area contributed by atoms with Crippen molar-refractivity contribution in [2.75, 3.05) is 6.54 Å². The summed E-state index contributed by atoms with van der Waals surface area (Å²) in [7, 11) is 0. The lowest BCUT2D eigenvalue weighted by atomic mass is 10.0. The van der Waals surface area contributed by atoms with Crippen molar-refractivity contribution in [1.82, 2.24) is 9.88 Å². The molecule has 3 rings (SSSR count). The van der Waals surface area contributed by atoms with Gasteiger partial charge in [0.1, 0.15) is 23.4 Å². The Morgan fingerprint density at radius 3 is 2.80 bits per heavy atom. The molecule has 5 nitrogen and oxygen atoms in total. The van der Waals surface area contributed by atoms with Gasteiger partial charge in [0, 0.05) is 12.1 Å². The van der Waals surface area contributed by atoms with Crippen LogP contribution in [0.15, 0.2) is 30.3 Å². The van der Waals surface area contributed by atoms with Crippen LogP contribution in [0.1, 0.15) is 39.8 Å². The van der Waals surface area contributed by atoms with E-state index in [0.29, 0.717) is 11.3 Å². The number of likely N-dealkylation sites (tertiary alicyclic amines) is 1. The van der Waals surface area contributed by atoms with Crippen LogP contribution < -0.4 is 0 Å². The number of hydrogen-bond donors (Lipinski definition) is 1. The zero-order valence-corrected chi connectivity index (χ0v) is 13.4. The van der Waals surface area contributed by atoms with Crippen molar-refractivity contribution in [3.05, 3.63) is 64.5 Å². The predicted octanol–water partition coefficient (Wildman–Crippen LogP) is 2.49. The summed E-state index contributed by atoms with van der Waals surface area (Å²) in [5.41, 5.74) is 0.870. The number of rotatable bonds is 2. The summed E-state index contributed by atoms with van der Waals surface area (Å²) in [6, 6.07) is 7.13. The van der Waals surface area contributed by atoms with Gasteiger partial charge < -0.3 is 10.0 Å². The molecule has 2 atom stereocenters. The van der Waals surface area contributed by atoms with E-state index in [0.717, 1.165) is 18.2 Å². The van der Waals surface area contributed by atoms with Crippen LogP contribution in [0.2, 0.25) is 0 Å². The molecule has 7 heteroatoms. The molecule has 0 aliphatic carbocycles. The molecular formula is C18H15F2N3O2. The van der Waals surface area contributed by atoms with Crippen molar-refractivity contribution in [1.29, 1.82) is 5.26 Å². The molecule has 0 spiro atoms. The van der Waals surface area contributed by atoms with Gasteiger partial charge in [0.2, 0.25) is 0 Å². The van der Waals surface area contributed by atoms with E-state index in [1.807, 2.05) is 6.07 Å². The lowest BCUT2D eigenvalue weighted by Crippen LogP contribution is -2.33. The second-order valence-electron chi connectivity index (χ2n) is 5.97. The van der Waals surface area contributed by atoms with E-state index in [4.69, 9.17) is 5.26 Å². The van der Waals surface area contributed by atoms with E-state index >= 15 is 0 Å². The average molecular weight is 343 g/mol. The van der Waals surface area contributed by atoms with E-state index in [2.05, 4.69) is 4.98 Å².